The van der Waals surface area contributed by atoms with Crippen LogP contribution in [-0.4, -0.2) is 25.4 Å². The molecule has 0 fully saturated rings. The van der Waals surface area contributed by atoms with Gasteiger partial charge in [-0.25, -0.2) is 4.79 Å². The molecule has 0 bridgehead atoms. The van der Waals surface area contributed by atoms with E-state index in [0.29, 0.717) is 0 Å². The number of carboxylic acids is 1. The summed E-state index contributed by atoms with van der Waals surface area (Å²) in [6.07, 6.45) is 1.25. The molecule has 0 saturated carbocycles. The highest BCUT2D eigenvalue weighted by Crippen LogP contribution is 2.42. The van der Waals surface area contributed by atoms with Crippen LogP contribution in [0.25, 0.3) is 0 Å². The van der Waals surface area contributed by atoms with Crippen molar-refractivity contribution in [2.75, 3.05) is 0 Å². The third-order valence-electron chi connectivity index (χ3n) is 3.93. The Labute approximate surface area is 123 Å². The van der Waals surface area contributed by atoms with Crippen molar-refractivity contribution >= 4 is 20.3 Å². The van der Waals surface area contributed by atoms with E-state index in [-0.39, 0.29) is 28.6 Å². The summed E-state index contributed by atoms with van der Waals surface area (Å²) in [6.45, 7) is 14.2. The molecule has 116 valence electrons. The van der Waals surface area contributed by atoms with Crippen LogP contribution in [0.1, 0.15) is 54.9 Å². The molecule has 0 aliphatic heterocycles. The number of hydrogen-bond donors (Lipinski definition) is 1. The van der Waals surface area contributed by atoms with Gasteiger partial charge in [0, 0.05) is 5.57 Å². The van der Waals surface area contributed by atoms with Crippen LogP contribution in [0.2, 0.25) is 16.6 Å². The van der Waals surface area contributed by atoms with Gasteiger partial charge in [0.2, 0.25) is 0 Å². The molecule has 0 heterocycles. The summed E-state index contributed by atoms with van der Waals surface area (Å²) in [4.78, 5) is 23.1. The van der Waals surface area contributed by atoms with E-state index < -0.39 is 20.3 Å². The maximum atomic E-state index is 12.3. The fraction of sp³-hybridized carbons (Fsp3) is 0.733. The summed E-state index contributed by atoms with van der Waals surface area (Å²) in [5.74, 6) is -1.47. The molecule has 0 aromatic heterocycles. The second kappa shape index (κ2) is 7.62. The molecule has 4 nitrogen and oxygen atoms in total. The fourth-order valence-electron chi connectivity index (χ4n) is 3.03. The van der Waals surface area contributed by atoms with Crippen molar-refractivity contribution in [3.63, 3.8) is 0 Å². The minimum atomic E-state index is -2.30. The maximum Gasteiger partial charge on any atom is 0.320 e. The van der Waals surface area contributed by atoms with Gasteiger partial charge in [0.05, 0.1) is 6.42 Å². The summed E-state index contributed by atoms with van der Waals surface area (Å²) in [5, 5.41) is 8.85. The third kappa shape index (κ3) is 4.20. The Bertz CT molecular complexity index is 362. The molecule has 0 atom stereocenters. The smallest absolute Gasteiger partial charge is 0.320 e. The molecule has 0 radical (unpaired) electrons. The van der Waals surface area contributed by atoms with Gasteiger partial charge in [0.25, 0.3) is 8.32 Å². The monoisotopic (exact) mass is 300 g/mol. The molecule has 0 aliphatic carbocycles. The molecule has 0 saturated heterocycles. The molecule has 1 N–H and O–H groups in total. The lowest BCUT2D eigenvalue weighted by atomic mass is 10.2. The Balaban J connectivity index is 5.38. The molecular weight excluding hydrogens is 272 g/mol. The van der Waals surface area contributed by atoms with Gasteiger partial charge >= 0.3 is 11.9 Å². The van der Waals surface area contributed by atoms with E-state index in [2.05, 4.69) is 41.5 Å². The Kier molecular flexibility index (Phi) is 7.20. The van der Waals surface area contributed by atoms with Gasteiger partial charge in [0.1, 0.15) is 0 Å². The first kappa shape index (κ1) is 18.9. The third-order valence-corrected chi connectivity index (χ3v) is 9.88. The average molecular weight is 300 g/mol. The van der Waals surface area contributed by atoms with Crippen LogP contribution in [0, 0.1) is 0 Å². The van der Waals surface area contributed by atoms with Gasteiger partial charge in [-0.2, -0.15) is 0 Å². The topological polar surface area (TPSA) is 63.6 Å². The fourth-order valence-corrected chi connectivity index (χ4v) is 8.19. The lowest BCUT2D eigenvalue weighted by Gasteiger charge is -2.41. The summed E-state index contributed by atoms with van der Waals surface area (Å²) in [6, 6.07) is 0. The molecule has 0 spiro atoms. The Morgan fingerprint density at radius 3 is 1.70 bits per heavy atom. The SMILES string of the molecule is CC=C(CC(=O)O)C(=O)O[Si](C(C)C)(C(C)C)C(C)C. The summed E-state index contributed by atoms with van der Waals surface area (Å²) in [7, 11) is -2.30. The largest absolute Gasteiger partial charge is 0.515 e. The number of carbonyl (C=O) groups excluding carboxylic acids is 1. The lowest BCUT2D eigenvalue weighted by molar-refractivity contribution is -0.139. The first-order valence-electron chi connectivity index (χ1n) is 7.19. The van der Waals surface area contributed by atoms with E-state index in [0.717, 1.165) is 0 Å². The molecular formula is C15H28O4Si. The first-order valence-corrected chi connectivity index (χ1v) is 9.33. The standard InChI is InChI=1S/C15H28O4Si/c1-8-13(9-14(16)17)15(18)19-20(10(2)3,11(4)5)12(6)7/h8,10-12H,9H2,1-7H3,(H,16,17). The number of carbonyl (C=O) groups is 2. The molecule has 0 rings (SSSR count). The van der Waals surface area contributed by atoms with Crippen LogP contribution in [0.4, 0.5) is 0 Å². The Hall–Kier alpha value is -1.10. The van der Waals surface area contributed by atoms with Gasteiger partial charge in [-0.15, -0.1) is 0 Å². The number of aliphatic carboxylic acids is 1. The number of rotatable bonds is 7. The molecule has 0 aromatic carbocycles. The zero-order chi connectivity index (χ0) is 16.1. The van der Waals surface area contributed by atoms with Crippen LogP contribution in [0.5, 0.6) is 0 Å². The predicted octanol–water partition coefficient (Wildman–Crippen LogP) is 4.13. The van der Waals surface area contributed by atoms with Crippen LogP contribution < -0.4 is 0 Å². The summed E-state index contributed by atoms with van der Waals surface area (Å²) in [5.41, 5.74) is 1.09. The van der Waals surface area contributed by atoms with E-state index in [1.165, 1.54) is 6.08 Å². The lowest BCUT2D eigenvalue weighted by Crippen LogP contribution is -2.49. The number of carboxylic acid groups (broad SMARTS) is 1. The van der Waals surface area contributed by atoms with Crippen molar-refractivity contribution in [2.24, 2.45) is 0 Å². The highest BCUT2D eigenvalue weighted by molar-refractivity contribution is 6.79. The number of hydrogen-bond acceptors (Lipinski definition) is 3. The second-order valence-corrected chi connectivity index (χ2v) is 11.5. The van der Waals surface area contributed by atoms with E-state index in [4.69, 9.17) is 9.53 Å². The highest BCUT2D eigenvalue weighted by atomic mass is 28.4. The molecule has 0 aromatic rings. The van der Waals surface area contributed by atoms with Gasteiger partial charge in [0.15, 0.2) is 0 Å². The van der Waals surface area contributed by atoms with Crippen LogP contribution >= 0.6 is 0 Å². The molecule has 0 amide bonds. The zero-order valence-electron chi connectivity index (χ0n) is 13.7. The highest BCUT2D eigenvalue weighted by Gasteiger charge is 2.48. The number of allylic oxidation sites excluding steroid dienone is 1. The quantitative estimate of drug-likeness (QED) is 0.567. The Morgan fingerprint density at radius 1 is 1.05 bits per heavy atom. The maximum absolute atomic E-state index is 12.3. The van der Waals surface area contributed by atoms with Crippen molar-refractivity contribution in [1.82, 2.24) is 0 Å². The van der Waals surface area contributed by atoms with Crippen molar-refractivity contribution in [1.29, 1.82) is 0 Å². The molecule has 0 aliphatic rings. The molecule has 20 heavy (non-hydrogen) atoms. The van der Waals surface area contributed by atoms with Gasteiger partial charge in [-0.1, -0.05) is 47.6 Å². The molecule has 0 unspecified atom stereocenters. The van der Waals surface area contributed by atoms with Crippen molar-refractivity contribution in [3.8, 4) is 0 Å². The van der Waals surface area contributed by atoms with Crippen LogP contribution in [-0.2, 0) is 14.0 Å². The van der Waals surface area contributed by atoms with Crippen LogP contribution in [0.15, 0.2) is 11.6 Å². The normalized spacial score (nSPS) is 13.2. The molecule has 5 heteroatoms. The van der Waals surface area contributed by atoms with E-state index in [1.54, 1.807) is 6.92 Å². The second-order valence-electron chi connectivity index (χ2n) is 6.09. The average Bonchev–Trinajstić information content (AvgIpc) is 2.30. The van der Waals surface area contributed by atoms with Crippen LogP contribution in [0.3, 0.4) is 0 Å². The van der Waals surface area contributed by atoms with Crippen molar-refractivity contribution in [3.05, 3.63) is 11.6 Å². The minimum Gasteiger partial charge on any atom is -0.515 e. The van der Waals surface area contributed by atoms with Gasteiger partial charge in [-0.05, 0) is 23.5 Å². The van der Waals surface area contributed by atoms with Gasteiger partial charge < -0.3 is 9.53 Å². The van der Waals surface area contributed by atoms with Crippen molar-refractivity contribution in [2.45, 2.75) is 71.5 Å². The van der Waals surface area contributed by atoms with E-state index in [1.807, 2.05) is 0 Å². The Morgan fingerprint density at radius 2 is 1.45 bits per heavy atom. The summed E-state index contributed by atoms with van der Waals surface area (Å²) >= 11 is 0. The summed E-state index contributed by atoms with van der Waals surface area (Å²) < 4.78 is 5.94. The van der Waals surface area contributed by atoms with E-state index >= 15 is 0 Å². The zero-order valence-corrected chi connectivity index (χ0v) is 14.7. The van der Waals surface area contributed by atoms with Crippen molar-refractivity contribution < 1.29 is 19.1 Å². The van der Waals surface area contributed by atoms with Gasteiger partial charge in [-0.3, -0.25) is 4.79 Å². The predicted molar refractivity (Wildman–Crippen MR) is 83.1 cm³/mol. The van der Waals surface area contributed by atoms with E-state index in [9.17, 15) is 9.59 Å². The minimum absolute atomic E-state index is 0.233. The first-order chi connectivity index (χ1) is 9.09.